The molecular formula is C19H28O2. The zero-order chi connectivity index (χ0) is 14.8. The van der Waals surface area contributed by atoms with Crippen LogP contribution in [0.3, 0.4) is 0 Å². The van der Waals surface area contributed by atoms with Gasteiger partial charge in [0, 0.05) is 11.8 Å². The molecular weight excluding hydrogens is 260 g/mol. The zero-order valence-electron chi connectivity index (χ0n) is 13.3. The van der Waals surface area contributed by atoms with Crippen molar-refractivity contribution in [3.05, 3.63) is 12.2 Å². The number of ketones is 1. The van der Waals surface area contributed by atoms with Crippen molar-refractivity contribution in [3.63, 3.8) is 0 Å². The van der Waals surface area contributed by atoms with Crippen LogP contribution < -0.4 is 0 Å². The molecule has 0 heterocycles. The Kier molecular flexibility index (Phi) is 2.96. The Bertz CT molecular complexity index is 496. The number of allylic oxidation sites excluding steroid dienone is 1. The van der Waals surface area contributed by atoms with Crippen LogP contribution in [0.25, 0.3) is 0 Å². The van der Waals surface area contributed by atoms with E-state index < -0.39 is 0 Å². The molecule has 0 radical (unpaired) electrons. The Morgan fingerprint density at radius 2 is 1.95 bits per heavy atom. The second-order valence-electron chi connectivity index (χ2n) is 8.60. The van der Waals surface area contributed by atoms with Crippen LogP contribution in [0.1, 0.15) is 58.8 Å². The van der Waals surface area contributed by atoms with Gasteiger partial charge in [-0.2, -0.15) is 0 Å². The number of fused-ring (bicyclic) bond motifs is 5. The normalized spacial score (nSPS) is 55.8. The Morgan fingerprint density at radius 1 is 1.14 bits per heavy atom. The van der Waals surface area contributed by atoms with Crippen LogP contribution in [0.15, 0.2) is 12.2 Å². The highest BCUT2D eigenvalue weighted by molar-refractivity contribution is 5.87. The van der Waals surface area contributed by atoms with Crippen molar-refractivity contribution < 1.29 is 9.90 Å². The molecule has 0 amide bonds. The lowest BCUT2D eigenvalue weighted by Crippen LogP contribution is -2.52. The van der Waals surface area contributed by atoms with Gasteiger partial charge in [0.05, 0.1) is 6.10 Å². The molecule has 0 aromatic rings. The van der Waals surface area contributed by atoms with Gasteiger partial charge in [0.2, 0.25) is 0 Å². The number of Topliss-reactive ketones (excluding diaryl/α,β-unsaturated/α-hetero) is 1. The number of carbonyl (C=O) groups excluding carboxylic acids is 1. The average Bonchev–Trinajstić information content (AvgIpc) is 2.76. The van der Waals surface area contributed by atoms with E-state index in [0.717, 1.165) is 37.5 Å². The predicted molar refractivity (Wildman–Crippen MR) is 82.6 cm³/mol. The van der Waals surface area contributed by atoms with Crippen LogP contribution in [-0.4, -0.2) is 17.0 Å². The summed E-state index contributed by atoms with van der Waals surface area (Å²) in [5.74, 6) is 3.26. The minimum atomic E-state index is -0.235. The lowest BCUT2D eigenvalue weighted by Gasteiger charge is -2.58. The first-order chi connectivity index (χ1) is 9.95. The highest BCUT2D eigenvalue weighted by atomic mass is 16.3. The van der Waals surface area contributed by atoms with Gasteiger partial charge in [0.25, 0.3) is 0 Å². The van der Waals surface area contributed by atoms with Gasteiger partial charge >= 0.3 is 0 Å². The molecule has 0 aromatic heterocycles. The van der Waals surface area contributed by atoms with Crippen LogP contribution in [0.4, 0.5) is 0 Å². The summed E-state index contributed by atoms with van der Waals surface area (Å²) in [4.78, 5) is 12.4. The minimum absolute atomic E-state index is 0.0116. The summed E-state index contributed by atoms with van der Waals surface area (Å²) < 4.78 is 0. The fourth-order valence-corrected chi connectivity index (χ4v) is 6.56. The average molecular weight is 288 g/mol. The van der Waals surface area contributed by atoms with Crippen molar-refractivity contribution in [1.29, 1.82) is 0 Å². The fraction of sp³-hybridized carbons (Fsp3) is 0.842. The van der Waals surface area contributed by atoms with Crippen molar-refractivity contribution in [2.45, 2.75) is 64.9 Å². The fourth-order valence-electron chi connectivity index (χ4n) is 6.56. The van der Waals surface area contributed by atoms with Crippen LogP contribution >= 0.6 is 0 Å². The Hall–Kier alpha value is -0.630. The molecule has 3 fully saturated rings. The third-order valence-corrected chi connectivity index (χ3v) is 7.88. The molecule has 4 aliphatic rings. The molecule has 0 aliphatic heterocycles. The maximum absolute atomic E-state index is 12.4. The van der Waals surface area contributed by atoms with E-state index in [1.807, 2.05) is 6.08 Å². The highest BCUT2D eigenvalue weighted by Gasteiger charge is 2.59. The number of carbonyl (C=O) groups is 1. The zero-order valence-corrected chi connectivity index (χ0v) is 13.3. The van der Waals surface area contributed by atoms with E-state index in [-0.39, 0.29) is 16.9 Å². The summed E-state index contributed by atoms with van der Waals surface area (Å²) >= 11 is 0. The maximum Gasteiger partial charge on any atom is 0.139 e. The number of aliphatic hydroxyl groups excluding tert-OH is 1. The molecule has 21 heavy (non-hydrogen) atoms. The molecule has 116 valence electrons. The Labute approximate surface area is 128 Å². The van der Waals surface area contributed by atoms with Crippen LogP contribution in [0, 0.1) is 34.5 Å². The van der Waals surface area contributed by atoms with Crippen molar-refractivity contribution >= 4 is 5.78 Å². The lowest BCUT2D eigenvalue weighted by molar-refractivity contribution is -0.134. The summed E-state index contributed by atoms with van der Waals surface area (Å²) in [6, 6.07) is 0. The molecule has 3 saturated carbocycles. The monoisotopic (exact) mass is 288 g/mol. The molecule has 0 spiro atoms. The third-order valence-electron chi connectivity index (χ3n) is 7.88. The van der Waals surface area contributed by atoms with Gasteiger partial charge in [0.1, 0.15) is 5.78 Å². The largest absolute Gasteiger partial charge is 0.389 e. The van der Waals surface area contributed by atoms with E-state index in [1.54, 1.807) is 0 Å². The molecule has 0 bridgehead atoms. The molecule has 0 aromatic carbocycles. The van der Waals surface area contributed by atoms with Gasteiger partial charge in [-0.15, -0.1) is 0 Å². The van der Waals surface area contributed by atoms with Crippen LogP contribution in [0.2, 0.25) is 0 Å². The number of hydrogen-bond donors (Lipinski definition) is 1. The number of rotatable bonds is 0. The van der Waals surface area contributed by atoms with E-state index in [1.165, 1.54) is 19.3 Å². The quantitative estimate of drug-likeness (QED) is 0.690. The second kappa shape index (κ2) is 4.44. The summed E-state index contributed by atoms with van der Waals surface area (Å²) in [5, 5.41) is 9.95. The topological polar surface area (TPSA) is 37.3 Å². The molecule has 1 N–H and O–H groups in total. The van der Waals surface area contributed by atoms with E-state index in [4.69, 9.17) is 0 Å². The summed E-state index contributed by atoms with van der Waals surface area (Å²) in [6.45, 7) is 4.68. The first-order valence-electron chi connectivity index (χ1n) is 8.86. The predicted octanol–water partition coefficient (Wildman–Crippen LogP) is 3.74. The summed E-state index contributed by atoms with van der Waals surface area (Å²) in [7, 11) is 0. The molecule has 4 aliphatic carbocycles. The van der Waals surface area contributed by atoms with Crippen molar-refractivity contribution in [2.75, 3.05) is 0 Å². The Balaban J connectivity index is 1.68. The van der Waals surface area contributed by atoms with Crippen LogP contribution in [-0.2, 0) is 4.79 Å². The van der Waals surface area contributed by atoms with Crippen molar-refractivity contribution in [1.82, 2.24) is 0 Å². The smallest absolute Gasteiger partial charge is 0.139 e. The molecule has 7 unspecified atom stereocenters. The van der Waals surface area contributed by atoms with E-state index >= 15 is 0 Å². The molecule has 2 heteroatoms. The van der Waals surface area contributed by atoms with Gasteiger partial charge < -0.3 is 5.11 Å². The van der Waals surface area contributed by atoms with Gasteiger partial charge in [-0.1, -0.05) is 26.0 Å². The minimum Gasteiger partial charge on any atom is -0.389 e. The van der Waals surface area contributed by atoms with Crippen molar-refractivity contribution in [2.24, 2.45) is 34.5 Å². The highest BCUT2D eigenvalue weighted by Crippen LogP contribution is 2.64. The SMILES string of the molecule is CC12CCC3C(CCC4CC(O)C=CC43C)C1CCC2=O. The van der Waals surface area contributed by atoms with Crippen molar-refractivity contribution in [3.8, 4) is 0 Å². The number of hydrogen-bond acceptors (Lipinski definition) is 2. The molecule has 4 rings (SSSR count). The molecule has 2 nitrogen and oxygen atoms in total. The standard InChI is InChI=1S/C19H28O2/c1-18-9-7-13(20)11-12(18)3-4-14-15-5-6-17(21)19(15,2)10-8-16(14)18/h7,9,12-16,20H,3-6,8,10-11H2,1-2H3. The summed E-state index contributed by atoms with van der Waals surface area (Å²) in [5.41, 5.74) is 0.247. The maximum atomic E-state index is 12.4. The van der Waals surface area contributed by atoms with E-state index in [9.17, 15) is 9.90 Å². The first-order valence-corrected chi connectivity index (χ1v) is 8.86. The second-order valence-corrected chi connectivity index (χ2v) is 8.60. The van der Waals surface area contributed by atoms with Gasteiger partial charge in [-0.25, -0.2) is 0 Å². The molecule has 0 saturated heterocycles. The number of aliphatic hydroxyl groups is 1. The van der Waals surface area contributed by atoms with Gasteiger partial charge in [-0.3, -0.25) is 4.79 Å². The van der Waals surface area contributed by atoms with E-state index in [2.05, 4.69) is 19.9 Å². The van der Waals surface area contributed by atoms with Gasteiger partial charge in [0.15, 0.2) is 0 Å². The van der Waals surface area contributed by atoms with Crippen LogP contribution in [0.5, 0.6) is 0 Å². The lowest BCUT2D eigenvalue weighted by atomic mass is 9.46. The Morgan fingerprint density at radius 3 is 2.76 bits per heavy atom. The van der Waals surface area contributed by atoms with Gasteiger partial charge in [-0.05, 0) is 67.6 Å². The summed E-state index contributed by atoms with van der Waals surface area (Å²) in [6.07, 6.45) is 11.8. The molecule has 7 atom stereocenters. The first kappa shape index (κ1) is 14.0. The van der Waals surface area contributed by atoms with E-state index in [0.29, 0.717) is 17.6 Å². The third kappa shape index (κ3) is 1.78.